The second-order valence-corrected chi connectivity index (χ2v) is 4.35. The van der Waals surface area contributed by atoms with E-state index in [1.807, 2.05) is 31.2 Å². The van der Waals surface area contributed by atoms with E-state index in [0.29, 0.717) is 5.92 Å². The third-order valence-corrected chi connectivity index (χ3v) is 3.02. The third kappa shape index (κ3) is 3.86. The standard InChI is InChI=1S/C14H23NO/c1-4-12(5-2)10-16-14-8-6-7-13(9-14)11(3)15/h6-9,11-12H,4-5,10,15H2,1-3H3/t11-/m0/s1. The van der Waals surface area contributed by atoms with Gasteiger partial charge >= 0.3 is 0 Å². The van der Waals surface area contributed by atoms with Crippen LogP contribution < -0.4 is 10.5 Å². The summed E-state index contributed by atoms with van der Waals surface area (Å²) in [6.45, 7) is 7.20. The molecule has 0 heterocycles. The van der Waals surface area contributed by atoms with Gasteiger partial charge in [-0.3, -0.25) is 0 Å². The minimum absolute atomic E-state index is 0.0664. The molecule has 1 rings (SSSR count). The Morgan fingerprint density at radius 3 is 2.50 bits per heavy atom. The van der Waals surface area contributed by atoms with Crippen LogP contribution >= 0.6 is 0 Å². The van der Waals surface area contributed by atoms with Gasteiger partial charge in [-0.1, -0.05) is 38.8 Å². The fourth-order valence-corrected chi connectivity index (χ4v) is 1.63. The van der Waals surface area contributed by atoms with Gasteiger partial charge in [0.15, 0.2) is 0 Å². The van der Waals surface area contributed by atoms with E-state index >= 15 is 0 Å². The van der Waals surface area contributed by atoms with Crippen LogP contribution in [-0.2, 0) is 0 Å². The molecule has 1 aromatic carbocycles. The summed E-state index contributed by atoms with van der Waals surface area (Å²) in [6, 6.07) is 8.13. The molecule has 0 spiro atoms. The summed E-state index contributed by atoms with van der Waals surface area (Å²) in [5.41, 5.74) is 6.96. The van der Waals surface area contributed by atoms with Crippen LogP contribution in [-0.4, -0.2) is 6.61 Å². The molecule has 0 saturated heterocycles. The molecule has 0 bridgehead atoms. The van der Waals surface area contributed by atoms with Gasteiger partial charge in [-0.15, -0.1) is 0 Å². The predicted octanol–water partition coefficient (Wildman–Crippen LogP) is 3.52. The predicted molar refractivity (Wildman–Crippen MR) is 68.6 cm³/mol. The van der Waals surface area contributed by atoms with E-state index in [4.69, 9.17) is 10.5 Å². The van der Waals surface area contributed by atoms with Gasteiger partial charge in [0.25, 0.3) is 0 Å². The van der Waals surface area contributed by atoms with Crippen LogP contribution in [0.4, 0.5) is 0 Å². The number of rotatable bonds is 6. The summed E-state index contributed by atoms with van der Waals surface area (Å²) in [5, 5.41) is 0. The lowest BCUT2D eigenvalue weighted by Crippen LogP contribution is -2.10. The van der Waals surface area contributed by atoms with E-state index in [0.717, 1.165) is 17.9 Å². The van der Waals surface area contributed by atoms with E-state index < -0.39 is 0 Å². The minimum atomic E-state index is 0.0664. The van der Waals surface area contributed by atoms with Crippen LogP contribution in [0.5, 0.6) is 5.75 Å². The lowest BCUT2D eigenvalue weighted by atomic mass is 10.1. The zero-order valence-corrected chi connectivity index (χ0v) is 10.6. The van der Waals surface area contributed by atoms with Crippen molar-refractivity contribution >= 4 is 0 Å². The van der Waals surface area contributed by atoms with Gasteiger partial charge in [0, 0.05) is 6.04 Å². The summed E-state index contributed by atoms with van der Waals surface area (Å²) < 4.78 is 5.79. The first-order chi connectivity index (χ1) is 7.67. The van der Waals surface area contributed by atoms with Gasteiger partial charge in [-0.25, -0.2) is 0 Å². The molecular formula is C14H23NO. The largest absolute Gasteiger partial charge is 0.493 e. The van der Waals surface area contributed by atoms with E-state index in [1.165, 1.54) is 12.8 Å². The first-order valence-electron chi connectivity index (χ1n) is 6.15. The maximum Gasteiger partial charge on any atom is 0.119 e. The summed E-state index contributed by atoms with van der Waals surface area (Å²) in [5.74, 6) is 1.58. The topological polar surface area (TPSA) is 35.2 Å². The molecule has 2 heteroatoms. The Morgan fingerprint density at radius 2 is 1.94 bits per heavy atom. The molecule has 0 saturated carbocycles. The van der Waals surface area contributed by atoms with E-state index in [-0.39, 0.29) is 6.04 Å². The number of ether oxygens (including phenoxy) is 1. The van der Waals surface area contributed by atoms with Crippen LogP contribution in [0.15, 0.2) is 24.3 Å². The summed E-state index contributed by atoms with van der Waals surface area (Å²) in [6.07, 6.45) is 2.34. The summed E-state index contributed by atoms with van der Waals surface area (Å²) in [7, 11) is 0. The third-order valence-electron chi connectivity index (χ3n) is 3.02. The molecule has 0 aliphatic heterocycles. The number of hydrogen-bond donors (Lipinski definition) is 1. The Labute approximate surface area is 98.8 Å². The average molecular weight is 221 g/mol. The highest BCUT2D eigenvalue weighted by atomic mass is 16.5. The number of nitrogens with two attached hydrogens (primary N) is 1. The van der Waals surface area contributed by atoms with Crippen molar-refractivity contribution in [1.29, 1.82) is 0 Å². The molecule has 90 valence electrons. The first kappa shape index (κ1) is 13.0. The van der Waals surface area contributed by atoms with Crippen LogP contribution in [0.3, 0.4) is 0 Å². The van der Waals surface area contributed by atoms with Crippen molar-refractivity contribution in [3.05, 3.63) is 29.8 Å². The molecular weight excluding hydrogens is 198 g/mol. The molecule has 2 N–H and O–H groups in total. The average Bonchev–Trinajstić information content (AvgIpc) is 2.31. The van der Waals surface area contributed by atoms with Gasteiger partial charge < -0.3 is 10.5 Å². The normalized spacial score (nSPS) is 12.8. The molecule has 0 aliphatic rings. The van der Waals surface area contributed by atoms with Crippen molar-refractivity contribution in [2.75, 3.05) is 6.61 Å². The fraction of sp³-hybridized carbons (Fsp3) is 0.571. The van der Waals surface area contributed by atoms with Crippen LogP contribution in [0.25, 0.3) is 0 Å². The molecule has 2 nitrogen and oxygen atoms in total. The van der Waals surface area contributed by atoms with Crippen molar-refractivity contribution in [2.45, 2.75) is 39.7 Å². The van der Waals surface area contributed by atoms with Gasteiger partial charge in [0.2, 0.25) is 0 Å². The Balaban J connectivity index is 2.56. The Morgan fingerprint density at radius 1 is 1.25 bits per heavy atom. The Bertz CT molecular complexity index is 305. The van der Waals surface area contributed by atoms with Crippen molar-refractivity contribution < 1.29 is 4.74 Å². The molecule has 0 aromatic heterocycles. The minimum Gasteiger partial charge on any atom is -0.493 e. The summed E-state index contributed by atoms with van der Waals surface area (Å²) in [4.78, 5) is 0. The molecule has 1 atom stereocenters. The SMILES string of the molecule is CCC(CC)COc1cccc([C@H](C)N)c1. The molecule has 0 unspecified atom stereocenters. The molecule has 0 amide bonds. The molecule has 0 fully saturated rings. The monoisotopic (exact) mass is 221 g/mol. The first-order valence-corrected chi connectivity index (χ1v) is 6.15. The maximum atomic E-state index is 5.84. The molecule has 16 heavy (non-hydrogen) atoms. The van der Waals surface area contributed by atoms with Crippen LogP contribution in [0.2, 0.25) is 0 Å². The van der Waals surface area contributed by atoms with Crippen molar-refractivity contribution in [1.82, 2.24) is 0 Å². The van der Waals surface area contributed by atoms with Crippen LogP contribution in [0.1, 0.15) is 45.2 Å². The van der Waals surface area contributed by atoms with E-state index in [1.54, 1.807) is 0 Å². The fourth-order valence-electron chi connectivity index (χ4n) is 1.63. The van der Waals surface area contributed by atoms with Gasteiger partial charge in [0.1, 0.15) is 5.75 Å². The van der Waals surface area contributed by atoms with Crippen molar-refractivity contribution in [3.63, 3.8) is 0 Å². The number of benzene rings is 1. The lowest BCUT2D eigenvalue weighted by Gasteiger charge is -2.15. The van der Waals surface area contributed by atoms with Crippen molar-refractivity contribution in [3.8, 4) is 5.75 Å². The highest BCUT2D eigenvalue weighted by Crippen LogP contribution is 2.19. The summed E-state index contributed by atoms with van der Waals surface area (Å²) >= 11 is 0. The second kappa shape index (κ2) is 6.54. The van der Waals surface area contributed by atoms with Gasteiger partial charge in [-0.2, -0.15) is 0 Å². The van der Waals surface area contributed by atoms with Gasteiger partial charge in [-0.05, 0) is 30.5 Å². The molecule has 0 aliphatic carbocycles. The zero-order valence-electron chi connectivity index (χ0n) is 10.6. The Hall–Kier alpha value is -1.02. The smallest absolute Gasteiger partial charge is 0.119 e. The zero-order chi connectivity index (χ0) is 12.0. The highest BCUT2D eigenvalue weighted by Gasteiger charge is 2.05. The quantitative estimate of drug-likeness (QED) is 0.797. The van der Waals surface area contributed by atoms with Crippen LogP contribution in [0, 0.1) is 5.92 Å². The molecule has 0 radical (unpaired) electrons. The number of hydrogen-bond acceptors (Lipinski definition) is 2. The van der Waals surface area contributed by atoms with Crippen molar-refractivity contribution in [2.24, 2.45) is 11.7 Å². The lowest BCUT2D eigenvalue weighted by molar-refractivity contribution is 0.240. The Kier molecular flexibility index (Phi) is 5.33. The molecule has 1 aromatic rings. The van der Waals surface area contributed by atoms with E-state index in [9.17, 15) is 0 Å². The van der Waals surface area contributed by atoms with E-state index in [2.05, 4.69) is 13.8 Å². The highest BCUT2D eigenvalue weighted by molar-refractivity contribution is 5.30. The van der Waals surface area contributed by atoms with Gasteiger partial charge in [0.05, 0.1) is 6.61 Å². The maximum absolute atomic E-state index is 5.84. The second-order valence-electron chi connectivity index (χ2n) is 4.35.